The lowest BCUT2D eigenvalue weighted by Crippen LogP contribution is -1.91. The fourth-order valence-corrected chi connectivity index (χ4v) is 0.976. The number of aromatic nitrogens is 4. The molecular weight excluding hydrogens is 372 g/mol. The molecule has 0 amide bonds. The highest BCUT2D eigenvalue weighted by molar-refractivity contribution is 7.79. The van der Waals surface area contributed by atoms with E-state index >= 15 is 0 Å². The van der Waals surface area contributed by atoms with Gasteiger partial charge in [0.05, 0.1) is 10.8 Å². The summed E-state index contributed by atoms with van der Waals surface area (Å²) in [4.78, 5) is 34.8. The van der Waals surface area contributed by atoms with Gasteiger partial charge in [0.25, 0.3) is 12.7 Å². The predicted octanol–water partition coefficient (Wildman–Crippen LogP) is 0.267. The molecule has 0 aliphatic carbocycles. The monoisotopic (exact) mass is 376 g/mol. The van der Waals surface area contributed by atoms with E-state index in [9.17, 15) is 20.2 Å². The van der Waals surface area contributed by atoms with E-state index in [0.717, 1.165) is 12.7 Å². The number of hydrogen-bond acceptors (Lipinski definition) is 12. The van der Waals surface area contributed by atoms with Crippen LogP contribution in [0, 0.1) is 31.0 Å². The van der Waals surface area contributed by atoms with Gasteiger partial charge in [-0.25, -0.2) is 0 Å². The minimum atomic E-state index is -5.17. The molecule has 0 atom stereocenters. The van der Waals surface area contributed by atoms with Crippen molar-refractivity contribution in [2.45, 2.75) is 0 Å². The van der Waals surface area contributed by atoms with E-state index in [1.54, 1.807) is 0 Å². The Kier molecular flexibility index (Phi) is 7.66. The molecule has 2 rings (SSSR count). The van der Waals surface area contributed by atoms with Crippen LogP contribution in [0.3, 0.4) is 0 Å². The van der Waals surface area contributed by atoms with Crippen molar-refractivity contribution in [2.75, 3.05) is 0 Å². The zero-order valence-corrected chi connectivity index (χ0v) is 12.2. The van der Waals surface area contributed by atoms with Crippen molar-refractivity contribution in [3.8, 4) is 0 Å². The first-order valence-electron chi connectivity index (χ1n) is 5.23. The van der Waals surface area contributed by atoms with Crippen LogP contribution < -0.4 is 0 Å². The van der Waals surface area contributed by atoms with Crippen molar-refractivity contribution in [1.29, 1.82) is 10.8 Å². The van der Waals surface area contributed by atoms with Crippen LogP contribution in [0.1, 0.15) is 0 Å². The van der Waals surface area contributed by atoms with Crippen molar-refractivity contribution >= 4 is 33.7 Å². The number of hydrogen-bond donors (Lipinski definition) is 2. The highest BCUT2D eigenvalue weighted by Gasteiger charge is 2.27. The number of aromatic amines is 2. The van der Waals surface area contributed by atoms with Crippen molar-refractivity contribution < 1.29 is 27.4 Å². The topological polar surface area (TPSA) is 280 Å². The van der Waals surface area contributed by atoms with Crippen LogP contribution >= 0.6 is 0 Å². The van der Waals surface area contributed by atoms with Gasteiger partial charge in [-0.2, -0.15) is 9.97 Å². The second-order valence-electron chi connectivity index (χ2n) is 3.27. The van der Waals surface area contributed by atoms with Crippen LogP contribution in [-0.4, -0.2) is 47.3 Å². The van der Waals surface area contributed by atoms with Crippen molar-refractivity contribution in [3.05, 3.63) is 42.8 Å². The Morgan fingerprint density at radius 1 is 0.920 bits per heavy atom. The van der Waals surface area contributed by atoms with Crippen LogP contribution in [0.25, 0.3) is 9.95 Å². The molecule has 0 fully saturated rings. The van der Waals surface area contributed by atoms with Gasteiger partial charge in [-0.05, 0) is 9.85 Å². The number of nitro groups is 2. The Hall–Kier alpha value is -4.07. The van der Waals surface area contributed by atoms with Crippen molar-refractivity contribution in [2.24, 2.45) is 0 Å². The first kappa shape index (κ1) is 20.9. The molecular formula is C6H4N10O8S. The number of nitrogens with one attached hydrogen (secondary N) is 2. The lowest BCUT2D eigenvalue weighted by atomic mass is 10.7. The van der Waals surface area contributed by atoms with Crippen LogP contribution in [0.5, 0.6) is 0 Å². The zero-order chi connectivity index (χ0) is 19.6. The first-order valence-corrected chi connectivity index (χ1v) is 6.57. The molecule has 18 nitrogen and oxygen atoms in total. The number of imidazole rings is 2. The molecule has 2 heterocycles. The van der Waals surface area contributed by atoms with Crippen LogP contribution in [0.4, 0.5) is 23.3 Å². The Bertz CT molecular complexity index is 861. The average molecular weight is 376 g/mol. The molecule has 132 valence electrons. The molecule has 0 unspecified atom stereocenters. The highest BCUT2D eigenvalue weighted by Crippen LogP contribution is 2.21. The predicted molar refractivity (Wildman–Crippen MR) is 70.4 cm³/mol. The van der Waals surface area contributed by atoms with E-state index in [2.05, 4.69) is 29.9 Å². The fourth-order valence-electron chi connectivity index (χ4n) is 0.976. The Balaban J connectivity index is 0.000000368. The standard InChI is InChI=1S/2C3H2N5O2.H2O4S/c2*4-7-2-3(8(9)10)6-1-5-2;1-5(2,3)4/h2*1H,(H,5,6);(H2,1,2,3,4)/q2*+1;/p-2. The van der Waals surface area contributed by atoms with Crippen LogP contribution in [-0.2, 0) is 10.4 Å². The maximum absolute atomic E-state index is 10.0. The fraction of sp³-hybridized carbons (Fsp3) is 0. The number of rotatable bonds is 2. The van der Waals surface area contributed by atoms with Gasteiger partial charge in [-0.3, -0.25) is 8.42 Å². The summed E-state index contributed by atoms with van der Waals surface area (Å²) in [5.74, 6) is -1.46. The third-order valence-corrected chi connectivity index (χ3v) is 1.75. The second-order valence-corrected chi connectivity index (χ2v) is 4.09. The molecule has 0 bridgehead atoms. The van der Waals surface area contributed by atoms with Gasteiger partial charge in [0, 0.05) is 30.3 Å². The van der Waals surface area contributed by atoms with Gasteiger partial charge in [-0.15, -0.1) is 0 Å². The van der Waals surface area contributed by atoms with Crippen LogP contribution in [0.2, 0.25) is 0 Å². The zero-order valence-electron chi connectivity index (χ0n) is 11.4. The van der Waals surface area contributed by atoms with Crippen LogP contribution in [0.15, 0.2) is 12.7 Å². The molecule has 2 N–H and O–H groups in total. The third kappa shape index (κ3) is 8.21. The smallest absolute Gasteiger partial charge is 0.561 e. The first-order chi connectivity index (χ1) is 11.5. The second kappa shape index (κ2) is 9.16. The van der Waals surface area contributed by atoms with Gasteiger partial charge in [0.1, 0.15) is 0 Å². The molecule has 0 saturated heterocycles. The van der Waals surface area contributed by atoms with Crippen molar-refractivity contribution in [3.63, 3.8) is 0 Å². The SMILES string of the molecule is N#[N+]c1nc[nH]c1[N+](=O)[O-].N#[N+]c1nc[nH]c1[N+](=O)[O-].O=S(=O)([O-])[O-]. The Morgan fingerprint density at radius 3 is 1.36 bits per heavy atom. The molecule has 0 saturated carbocycles. The lowest BCUT2D eigenvalue weighted by molar-refractivity contribution is -0.388. The molecule has 2 aromatic rings. The summed E-state index contributed by atoms with van der Waals surface area (Å²) in [6, 6.07) is 0. The van der Waals surface area contributed by atoms with Gasteiger partial charge >= 0.3 is 23.3 Å². The molecule has 19 heteroatoms. The van der Waals surface area contributed by atoms with E-state index in [-0.39, 0.29) is 11.6 Å². The molecule has 0 spiro atoms. The molecule has 2 aromatic heterocycles. The van der Waals surface area contributed by atoms with E-state index < -0.39 is 31.9 Å². The molecule has 0 aromatic carbocycles. The van der Waals surface area contributed by atoms with E-state index in [0.29, 0.717) is 0 Å². The van der Waals surface area contributed by atoms with Gasteiger partial charge < -0.3 is 29.3 Å². The minimum absolute atomic E-state index is 0.315. The normalized spacial score (nSPS) is 9.28. The third-order valence-electron chi connectivity index (χ3n) is 1.75. The van der Waals surface area contributed by atoms with E-state index in [4.69, 9.17) is 28.3 Å². The largest absolute Gasteiger partial charge is 0.759 e. The summed E-state index contributed by atoms with van der Waals surface area (Å²) in [5, 5.41) is 36.2. The maximum atomic E-state index is 10.0. The van der Waals surface area contributed by atoms with Gasteiger partial charge in [0.2, 0.25) is 0 Å². The maximum Gasteiger partial charge on any atom is 0.561 e. The Labute approximate surface area is 135 Å². The summed E-state index contributed by atoms with van der Waals surface area (Å²) in [6.45, 7) is 0. The number of H-pyrrole nitrogens is 2. The number of nitrogens with zero attached hydrogens (tertiary/aromatic N) is 8. The average Bonchev–Trinajstić information content (AvgIpc) is 3.14. The summed E-state index contributed by atoms with van der Waals surface area (Å²) < 4.78 is 34.1. The quantitative estimate of drug-likeness (QED) is 0.234. The molecule has 0 aliphatic rings. The minimum Gasteiger partial charge on any atom is -0.759 e. The van der Waals surface area contributed by atoms with Crippen molar-refractivity contribution in [1.82, 2.24) is 19.9 Å². The Morgan fingerprint density at radius 2 is 1.20 bits per heavy atom. The summed E-state index contributed by atoms with van der Waals surface area (Å²) in [7, 11) is -5.17. The van der Waals surface area contributed by atoms with E-state index in [1.165, 1.54) is 0 Å². The van der Waals surface area contributed by atoms with Gasteiger partial charge in [0.15, 0.2) is 0 Å². The summed E-state index contributed by atoms with van der Waals surface area (Å²) >= 11 is 0. The highest BCUT2D eigenvalue weighted by atomic mass is 32.3. The molecule has 25 heavy (non-hydrogen) atoms. The molecule has 0 aliphatic heterocycles. The number of diazo groups is 2. The summed E-state index contributed by atoms with van der Waals surface area (Å²) in [6.07, 6.45) is 2.15. The summed E-state index contributed by atoms with van der Waals surface area (Å²) in [5.41, 5.74) is 0. The lowest BCUT2D eigenvalue weighted by Gasteiger charge is -2.06. The molecule has 0 radical (unpaired) electrons. The van der Waals surface area contributed by atoms with E-state index in [1.807, 2.05) is 0 Å². The van der Waals surface area contributed by atoms with Gasteiger partial charge in [-0.1, -0.05) is 0 Å².